The highest BCUT2D eigenvalue weighted by atomic mass is 19.4. The van der Waals surface area contributed by atoms with E-state index in [9.17, 15) is 27.2 Å². The van der Waals surface area contributed by atoms with Crippen LogP contribution in [0.25, 0.3) is 0 Å². The largest absolute Gasteiger partial charge is 0.401 e. The van der Waals surface area contributed by atoms with Crippen molar-refractivity contribution in [2.24, 2.45) is 5.73 Å². The Balaban J connectivity index is 3.05. The quantitative estimate of drug-likeness (QED) is 0.686. The molecule has 4 N–H and O–H groups in total. The molecule has 2 amide bonds. The van der Waals surface area contributed by atoms with Gasteiger partial charge in [0.15, 0.2) is 0 Å². The minimum absolute atomic E-state index is 0.171. The lowest BCUT2D eigenvalue weighted by Gasteiger charge is -2.22. The Hall–Kier alpha value is -2.16. The molecule has 5 nitrogen and oxygen atoms in total. The minimum atomic E-state index is -4.54. The molecule has 0 bridgehead atoms. The Morgan fingerprint density at radius 2 is 1.91 bits per heavy atom. The summed E-state index contributed by atoms with van der Waals surface area (Å²) in [4.78, 5) is 23.2. The molecule has 0 spiro atoms. The highest BCUT2D eigenvalue weighted by Gasteiger charge is 2.32. The number of carbonyl (C=O) groups excluding carboxylic acids is 2. The van der Waals surface area contributed by atoms with Gasteiger partial charge < -0.3 is 11.1 Å². The van der Waals surface area contributed by atoms with Crippen molar-refractivity contribution in [3.05, 3.63) is 35.1 Å². The van der Waals surface area contributed by atoms with Gasteiger partial charge in [-0.05, 0) is 37.1 Å². The molecule has 0 heterocycles. The molecule has 0 aliphatic carbocycles. The van der Waals surface area contributed by atoms with Crippen molar-refractivity contribution in [3.8, 4) is 0 Å². The molecule has 0 aliphatic rings. The average Bonchev–Trinajstić information content (AvgIpc) is 2.39. The van der Waals surface area contributed by atoms with Crippen LogP contribution in [0.1, 0.15) is 24.1 Å². The Labute approximate surface area is 130 Å². The van der Waals surface area contributed by atoms with E-state index in [2.05, 4.69) is 10.6 Å². The molecule has 128 valence electrons. The number of carbonyl (C=O) groups is 2. The summed E-state index contributed by atoms with van der Waals surface area (Å²) in [6, 6.07) is 0.892. The summed E-state index contributed by atoms with van der Waals surface area (Å²) < 4.78 is 50.4. The van der Waals surface area contributed by atoms with E-state index >= 15 is 0 Å². The van der Waals surface area contributed by atoms with Crippen LogP contribution in [0.4, 0.5) is 17.6 Å². The maximum absolute atomic E-state index is 13.1. The third-order valence-corrected chi connectivity index (χ3v) is 3.10. The topological polar surface area (TPSA) is 84.2 Å². The molecule has 1 aromatic rings. The van der Waals surface area contributed by atoms with Crippen LogP contribution < -0.4 is 16.4 Å². The second-order valence-electron chi connectivity index (χ2n) is 5.06. The molecular formula is C14H17F4N3O2. The molecule has 2 atom stereocenters. The fourth-order valence-electron chi connectivity index (χ4n) is 1.89. The van der Waals surface area contributed by atoms with Crippen LogP contribution in [-0.2, 0) is 9.59 Å². The summed E-state index contributed by atoms with van der Waals surface area (Å²) in [7, 11) is 0. The summed E-state index contributed by atoms with van der Waals surface area (Å²) in [5, 5.41) is 4.29. The zero-order valence-electron chi connectivity index (χ0n) is 12.5. The highest BCUT2D eigenvalue weighted by Crippen LogP contribution is 2.21. The number of halogens is 4. The molecule has 9 heteroatoms. The lowest BCUT2D eigenvalue weighted by molar-refractivity contribution is -0.134. The maximum atomic E-state index is 13.1. The van der Waals surface area contributed by atoms with Gasteiger partial charge in [-0.3, -0.25) is 14.9 Å². The number of nitrogens with one attached hydrogen (secondary N) is 2. The number of primary amides is 1. The second kappa shape index (κ2) is 7.40. The summed E-state index contributed by atoms with van der Waals surface area (Å²) in [5.74, 6) is -2.27. The number of benzene rings is 1. The number of rotatable bonds is 6. The first-order valence-electron chi connectivity index (χ1n) is 6.67. The fraction of sp³-hybridized carbons (Fsp3) is 0.429. The van der Waals surface area contributed by atoms with Gasteiger partial charge in [-0.25, -0.2) is 4.39 Å². The van der Waals surface area contributed by atoms with Crippen LogP contribution >= 0.6 is 0 Å². The first-order chi connectivity index (χ1) is 10.5. The van der Waals surface area contributed by atoms with Crippen molar-refractivity contribution < 1.29 is 27.2 Å². The van der Waals surface area contributed by atoms with Crippen molar-refractivity contribution in [2.45, 2.75) is 32.1 Å². The smallest absolute Gasteiger partial charge is 0.368 e. The lowest BCUT2D eigenvalue weighted by atomic mass is 10.00. The molecule has 1 unspecified atom stereocenters. The van der Waals surface area contributed by atoms with E-state index in [0.717, 1.165) is 12.1 Å². The third-order valence-electron chi connectivity index (χ3n) is 3.10. The predicted molar refractivity (Wildman–Crippen MR) is 74.7 cm³/mol. The Morgan fingerprint density at radius 1 is 1.30 bits per heavy atom. The Kier molecular flexibility index (Phi) is 6.08. The second-order valence-corrected chi connectivity index (χ2v) is 5.06. The fourth-order valence-corrected chi connectivity index (χ4v) is 1.89. The molecule has 1 aromatic carbocycles. The van der Waals surface area contributed by atoms with E-state index in [-0.39, 0.29) is 5.56 Å². The molecule has 23 heavy (non-hydrogen) atoms. The summed E-state index contributed by atoms with van der Waals surface area (Å²) in [5.41, 5.74) is 5.48. The van der Waals surface area contributed by atoms with Gasteiger partial charge in [0.05, 0.1) is 6.54 Å². The van der Waals surface area contributed by atoms with Crippen LogP contribution in [0.15, 0.2) is 18.2 Å². The average molecular weight is 335 g/mol. The van der Waals surface area contributed by atoms with E-state index in [0.29, 0.717) is 5.56 Å². The number of aryl methyl sites for hydroxylation is 1. The van der Waals surface area contributed by atoms with Crippen molar-refractivity contribution in [3.63, 3.8) is 0 Å². The Bertz CT molecular complexity index is 590. The number of hydrogen-bond acceptors (Lipinski definition) is 3. The molecule has 0 aliphatic heterocycles. The van der Waals surface area contributed by atoms with Gasteiger partial charge in [0, 0.05) is 0 Å². The van der Waals surface area contributed by atoms with Gasteiger partial charge in [0.2, 0.25) is 11.8 Å². The third kappa shape index (κ3) is 5.85. The number of alkyl halides is 3. The number of amides is 2. The molecule has 0 fully saturated rings. The van der Waals surface area contributed by atoms with Gasteiger partial charge in [0.25, 0.3) is 0 Å². The van der Waals surface area contributed by atoms with Gasteiger partial charge in [-0.1, -0.05) is 6.07 Å². The van der Waals surface area contributed by atoms with Crippen LogP contribution in [-0.4, -0.2) is 30.6 Å². The van der Waals surface area contributed by atoms with E-state index in [4.69, 9.17) is 5.73 Å². The van der Waals surface area contributed by atoms with Gasteiger partial charge >= 0.3 is 6.18 Å². The maximum Gasteiger partial charge on any atom is 0.401 e. The van der Waals surface area contributed by atoms with Crippen molar-refractivity contribution in [1.29, 1.82) is 0 Å². The summed E-state index contributed by atoms with van der Waals surface area (Å²) in [6.45, 7) is 1.34. The van der Waals surface area contributed by atoms with Crippen molar-refractivity contribution >= 4 is 11.8 Å². The van der Waals surface area contributed by atoms with E-state index < -0.39 is 42.4 Å². The molecule has 0 saturated carbocycles. The molecule has 1 rings (SSSR count). The van der Waals surface area contributed by atoms with Gasteiger partial charge in [-0.15, -0.1) is 0 Å². The lowest BCUT2D eigenvalue weighted by Crippen LogP contribution is -2.48. The summed E-state index contributed by atoms with van der Waals surface area (Å²) >= 11 is 0. The predicted octanol–water partition coefficient (Wildman–Crippen LogP) is 1.32. The van der Waals surface area contributed by atoms with Crippen LogP contribution in [0.2, 0.25) is 0 Å². The van der Waals surface area contributed by atoms with Gasteiger partial charge in [-0.2, -0.15) is 13.2 Å². The monoisotopic (exact) mass is 335 g/mol. The SMILES string of the molecule is Cc1cc(F)ccc1C(NCC(F)(F)F)C(=O)N[C@@H](C)C(N)=O. The van der Waals surface area contributed by atoms with Crippen molar-refractivity contribution in [2.75, 3.05) is 6.54 Å². The molecule has 0 radical (unpaired) electrons. The van der Waals surface area contributed by atoms with E-state index in [1.165, 1.54) is 19.9 Å². The zero-order valence-corrected chi connectivity index (χ0v) is 12.5. The number of hydrogen-bond donors (Lipinski definition) is 3. The molecular weight excluding hydrogens is 318 g/mol. The molecule has 0 aromatic heterocycles. The Morgan fingerprint density at radius 3 is 2.39 bits per heavy atom. The van der Waals surface area contributed by atoms with E-state index in [1.807, 2.05) is 0 Å². The minimum Gasteiger partial charge on any atom is -0.368 e. The first kappa shape index (κ1) is 18.9. The highest BCUT2D eigenvalue weighted by molar-refractivity contribution is 5.89. The number of nitrogens with two attached hydrogens (primary N) is 1. The van der Waals surface area contributed by atoms with Crippen LogP contribution in [0.5, 0.6) is 0 Å². The molecule has 0 saturated heterocycles. The van der Waals surface area contributed by atoms with E-state index in [1.54, 1.807) is 0 Å². The van der Waals surface area contributed by atoms with Crippen molar-refractivity contribution in [1.82, 2.24) is 10.6 Å². The normalized spacial score (nSPS) is 14.2. The summed E-state index contributed by atoms with van der Waals surface area (Å²) in [6.07, 6.45) is -4.54. The first-order valence-corrected chi connectivity index (χ1v) is 6.67. The standard InChI is InChI=1S/C14H17F4N3O2/c1-7-5-9(15)3-4-10(7)11(20-6-14(16,17)18)13(23)21-8(2)12(19)22/h3-5,8,11,20H,6H2,1-2H3,(H2,19,22)(H,21,23)/t8-,11?/m0/s1. The van der Waals surface area contributed by atoms with Crippen LogP contribution in [0, 0.1) is 12.7 Å². The zero-order chi connectivity index (χ0) is 17.8. The van der Waals surface area contributed by atoms with Gasteiger partial charge in [0.1, 0.15) is 17.9 Å². The van der Waals surface area contributed by atoms with Crippen LogP contribution in [0.3, 0.4) is 0 Å².